The molecule has 0 radical (unpaired) electrons. The van der Waals surface area contributed by atoms with Crippen molar-refractivity contribution in [2.75, 3.05) is 25.0 Å². The zero-order valence-corrected chi connectivity index (χ0v) is 15.0. The number of carbonyl (C=O) groups excluding carboxylic acids is 2. The summed E-state index contributed by atoms with van der Waals surface area (Å²) in [4.78, 5) is 37.0. The van der Waals surface area contributed by atoms with Crippen LogP contribution in [0.3, 0.4) is 0 Å². The lowest BCUT2D eigenvalue weighted by molar-refractivity contribution is -0.145. The van der Waals surface area contributed by atoms with Gasteiger partial charge >= 0.3 is 5.97 Å². The van der Waals surface area contributed by atoms with E-state index in [1.807, 2.05) is 6.92 Å². The van der Waals surface area contributed by atoms with Crippen LogP contribution in [0.2, 0.25) is 0 Å². The Kier molecular flexibility index (Phi) is 8.37. The molecule has 1 aromatic rings. The van der Waals surface area contributed by atoms with Crippen LogP contribution in [0.25, 0.3) is 0 Å². The van der Waals surface area contributed by atoms with Crippen molar-refractivity contribution >= 4 is 35.9 Å². The van der Waals surface area contributed by atoms with Gasteiger partial charge in [0.1, 0.15) is 6.04 Å². The molecular formula is C17H24ClN3O4. The first-order valence-corrected chi connectivity index (χ1v) is 8.16. The van der Waals surface area contributed by atoms with Crippen LogP contribution in [0.5, 0.6) is 0 Å². The van der Waals surface area contributed by atoms with Gasteiger partial charge in [-0.1, -0.05) is 12.5 Å². The van der Waals surface area contributed by atoms with E-state index in [9.17, 15) is 19.5 Å². The van der Waals surface area contributed by atoms with E-state index in [0.717, 1.165) is 12.8 Å². The smallest absolute Gasteiger partial charge is 0.320 e. The van der Waals surface area contributed by atoms with Crippen molar-refractivity contribution in [2.45, 2.75) is 32.2 Å². The summed E-state index contributed by atoms with van der Waals surface area (Å²) in [7, 11) is 0. The molecule has 7 nitrogen and oxygen atoms in total. The summed E-state index contributed by atoms with van der Waals surface area (Å²) in [6, 6.07) is 6.07. The van der Waals surface area contributed by atoms with Gasteiger partial charge in [-0.25, -0.2) is 0 Å². The number of carboxylic acids is 1. The second kappa shape index (κ2) is 10.0. The Morgan fingerprint density at radius 3 is 2.72 bits per heavy atom. The van der Waals surface area contributed by atoms with Crippen LogP contribution in [0.1, 0.15) is 36.5 Å². The Morgan fingerprint density at radius 1 is 1.28 bits per heavy atom. The number of likely N-dealkylation sites (tertiary alicyclic amines) is 1. The van der Waals surface area contributed by atoms with E-state index in [0.29, 0.717) is 30.8 Å². The molecule has 1 saturated heterocycles. The Balaban J connectivity index is 0.00000312. The van der Waals surface area contributed by atoms with Gasteiger partial charge < -0.3 is 15.7 Å². The predicted octanol–water partition coefficient (Wildman–Crippen LogP) is 1.74. The molecule has 8 heteroatoms. The lowest BCUT2D eigenvalue weighted by atomic mass is 10.0. The van der Waals surface area contributed by atoms with E-state index in [1.54, 1.807) is 29.2 Å². The number of anilines is 1. The van der Waals surface area contributed by atoms with Crippen molar-refractivity contribution in [1.29, 1.82) is 0 Å². The van der Waals surface area contributed by atoms with E-state index in [-0.39, 0.29) is 30.8 Å². The Morgan fingerprint density at radius 2 is 2.04 bits per heavy atom. The third kappa shape index (κ3) is 6.03. The quantitative estimate of drug-likeness (QED) is 0.709. The minimum Gasteiger partial charge on any atom is -0.480 e. The molecule has 1 atom stereocenters. The van der Waals surface area contributed by atoms with Crippen LogP contribution in [-0.2, 0) is 9.59 Å². The predicted molar refractivity (Wildman–Crippen MR) is 97.2 cm³/mol. The minimum absolute atomic E-state index is 0. The van der Waals surface area contributed by atoms with Crippen molar-refractivity contribution in [3.8, 4) is 0 Å². The summed E-state index contributed by atoms with van der Waals surface area (Å²) >= 11 is 0. The number of nitrogens with one attached hydrogen (secondary N) is 2. The standard InChI is InChI=1S/C17H23N3O4.ClH/c1-2-18-16(22)12-6-5-7-13(10-12)19-15(21)11-20-9-4-3-8-14(20)17(23)24;/h5-7,10,14H,2-4,8-9,11H2,1H3,(H,18,22)(H,19,21)(H,23,24);1H. The van der Waals surface area contributed by atoms with E-state index in [2.05, 4.69) is 10.6 Å². The third-order valence-electron chi connectivity index (χ3n) is 3.99. The summed E-state index contributed by atoms with van der Waals surface area (Å²) in [5.41, 5.74) is 0.990. The molecule has 138 valence electrons. The molecule has 1 heterocycles. The second-order valence-electron chi connectivity index (χ2n) is 5.81. The summed E-state index contributed by atoms with van der Waals surface area (Å²) < 4.78 is 0. The molecule has 2 amide bonds. The summed E-state index contributed by atoms with van der Waals surface area (Å²) in [5, 5.41) is 14.7. The number of benzene rings is 1. The molecule has 0 bridgehead atoms. The number of nitrogens with zero attached hydrogens (tertiary/aromatic N) is 1. The fourth-order valence-electron chi connectivity index (χ4n) is 2.85. The molecule has 1 fully saturated rings. The van der Waals surface area contributed by atoms with Crippen molar-refractivity contribution in [2.24, 2.45) is 0 Å². The molecule has 0 spiro atoms. The second-order valence-corrected chi connectivity index (χ2v) is 5.81. The molecule has 1 unspecified atom stereocenters. The van der Waals surface area contributed by atoms with E-state index in [1.165, 1.54) is 0 Å². The van der Waals surface area contributed by atoms with E-state index >= 15 is 0 Å². The number of hydrogen-bond acceptors (Lipinski definition) is 4. The van der Waals surface area contributed by atoms with Gasteiger partial charge in [-0.05, 0) is 44.5 Å². The largest absolute Gasteiger partial charge is 0.480 e. The third-order valence-corrected chi connectivity index (χ3v) is 3.99. The summed E-state index contributed by atoms with van der Waals surface area (Å²) in [6.45, 7) is 2.99. The maximum atomic E-state index is 12.2. The van der Waals surface area contributed by atoms with Gasteiger partial charge in [-0.3, -0.25) is 19.3 Å². The van der Waals surface area contributed by atoms with Crippen LogP contribution in [0.15, 0.2) is 24.3 Å². The van der Waals surface area contributed by atoms with Crippen molar-refractivity contribution in [3.05, 3.63) is 29.8 Å². The van der Waals surface area contributed by atoms with Gasteiger partial charge in [0.15, 0.2) is 0 Å². The summed E-state index contributed by atoms with van der Waals surface area (Å²) in [6.07, 6.45) is 2.32. The molecule has 1 aliphatic heterocycles. The van der Waals surface area contributed by atoms with Gasteiger partial charge in [0.25, 0.3) is 5.91 Å². The highest BCUT2D eigenvalue weighted by Crippen LogP contribution is 2.17. The minimum atomic E-state index is -0.888. The molecule has 0 aromatic heterocycles. The average molecular weight is 370 g/mol. The van der Waals surface area contributed by atoms with E-state index < -0.39 is 12.0 Å². The lowest BCUT2D eigenvalue weighted by Gasteiger charge is -2.32. The Hall–Kier alpha value is -2.12. The monoisotopic (exact) mass is 369 g/mol. The number of carboxylic acid groups (broad SMARTS) is 1. The Labute approximate surface area is 153 Å². The fourth-order valence-corrected chi connectivity index (χ4v) is 2.85. The molecule has 1 aliphatic rings. The topological polar surface area (TPSA) is 98.7 Å². The Bertz CT molecular complexity index is 624. The van der Waals surface area contributed by atoms with Crippen LogP contribution in [0, 0.1) is 0 Å². The van der Waals surface area contributed by atoms with Crippen molar-refractivity contribution in [3.63, 3.8) is 0 Å². The average Bonchev–Trinajstić information content (AvgIpc) is 2.55. The number of rotatable bonds is 6. The molecule has 3 N–H and O–H groups in total. The first-order valence-electron chi connectivity index (χ1n) is 8.16. The van der Waals surface area contributed by atoms with Gasteiger partial charge in [-0.2, -0.15) is 0 Å². The first-order chi connectivity index (χ1) is 11.5. The molecule has 25 heavy (non-hydrogen) atoms. The van der Waals surface area contributed by atoms with Gasteiger partial charge in [-0.15, -0.1) is 12.4 Å². The van der Waals surface area contributed by atoms with Crippen LogP contribution < -0.4 is 10.6 Å². The maximum absolute atomic E-state index is 12.2. The van der Waals surface area contributed by atoms with Crippen molar-refractivity contribution in [1.82, 2.24) is 10.2 Å². The normalized spacial score (nSPS) is 17.2. The highest BCUT2D eigenvalue weighted by molar-refractivity contribution is 5.97. The van der Waals surface area contributed by atoms with Gasteiger partial charge in [0.2, 0.25) is 5.91 Å². The highest BCUT2D eigenvalue weighted by atomic mass is 35.5. The number of hydrogen-bond donors (Lipinski definition) is 3. The van der Waals surface area contributed by atoms with Crippen LogP contribution in [-0.4, -0.2) is 53.5 Å². The highest BCUT2D eigenvalue weighted by Gasteiger charge is 2.29. The first kappa shape index (κ1) is 20.9. The van der Waals surface area contributed by atoms with Crippen molar-refractivity contribution < 1.29 is 19.5 Å². The zero-order chi connectivity index (χ0) is 17.5. The number of halogens is 1. The molecule has 0 aliphatic carbocycles. The van der Waals surface area contributed by atoms with Crippen LogP contribution >= 0.6 is 12.4 Å². The summed E-state index contributed by atoms with van der Waals surface area (Å²) in [5.74, 6) is -1.37. The number of carbonyl (C=O) groups is 3. The SMILES string of the molecule is CCNC(=O)c1cccc(NC(=O)CN2CCCCC2C(=O)O)c1.Cl. The maximum Gasteiger partial charge on any atom is 0.320 e. The number of piperidine rings is 1. The molecule has 0 saturated carbocycles. The zero-order valence-electron chi connectivity index (χ0n) is 14.2. The number of aliphatic carboxylic acids is 1. The molecule has 2 rings (SSSR count). The number of amides is 2. The van der Waals surface area contributed by atoms with Gasteiger partial charge in [0.05, 0.1) is 6.54 Å². The van der Waals surface area contributed by atoms with Gasteiger partial charge in [0, 0.05) is 17.8 Å². The van der Waals surface area contributed by atoms with Crippen LogP contribution in [0.4, 0.5) is 5.69 Å². The molecular weight excluding hydrogens is 346 g/mol. The van der Waals surface area contributed by atoms with E-state index in [4.69, 9.17) is 0 Å². The fraction of sp³-hybridized carbons (Fsp3) is 0.471. The lowest BCUT2D eigenvalue weighted by Crippen LogP contribution is -2.47. The molecule has 1 aromatic carbocycles.